The molecule has 11 heteroatoms. The van der Waals surface area contributed by atoms with Crippen molar-refractivity contribution in [2.75, 3.05) is 27.7 Å². The van der Waals surface area contributed by atoms with E-state index in [-0.39, 0.29) is 19.0 Å². The van der Waals surface area contributed by atoms with Crippen LogP contribution in [0.25, 0.3) is 0 Å². The van der Waals surface area contributed by atoms with E-state index >= 15 is 0 Å². The number of rotatable bonds is 4. The number of carbonyl (C=O) groups excluding carboxylic acids is 3. The average Bonchev–Trinajstić information content (AvgIpc) is 3.44. The number of methoxy groups -OCH3 is 1. The highest BCUT2D eigenvalue weighted by atomic mass is 32.1. The molecule has 3 heterocycles. The van der Waals surface area contributed by atoms with Gasteiger partial charge in [-0.25, -0.2) is 4.79 Å². The number of carbonyl (C=O) groups is 3. The summed E-state index contributed by atoms with van der Waals surface area (Å²) in [7, 11) is 5.01. The van der Waals surface area contributed by atoms with Crippen LogP contribution in [0.4, 0.5) is 4.79 Å². The molecule has 1 saturated heterocycles. The average molecular weight is 468 g/mol. The molecule has 10 nitrogen and oxygen atoms in total. The van der Waals surface area contributed by atoms with Crippen LogP contribution < -0.4 is 15.4 Å². The second-order valence-electron chi connectivity index (χ2n) is 7.73. The Balaban J connectivity index is 1.62. The zero-order chi connectivity index (χ0) is 23.8. The van der Waals surface area contributed by atoms with Gasteiger partial charge in [0.05, 0.1) is 23.4 Å². The van der Waals surface area contributed by atoms with Gasteiger partial charge in [0.2, 0.25) is 5.54 Å². The van der Waals surface area contributed by atoms with Gasteiger partial charge in [-0.15, -0.1) is 11.3 Å². The van der Waals surface area contributed by atoms with E-state index < -0.39 is 17.5 Å². The van der Waals surface area contributed by atoms with Crippen molar-refractivity contribution in [2.24, 2.45) is 5.16 Å². The Morgan fingerprint density at radius 2 is 2.09 bits per heavy atom. The lowest BCUT2D eigenvalue weighted by molar-refractivity contribution is -0.122. The van der Waals surface area contributed by atoms with E-state index in [1.54, 1.807) is 49.3 Å². The topological polar surface area (TPSA) is 124 Å². The molecule has 2 aliphatic rings. The first-order valence-corrected chi connectivity index (χ1v) is 10.7. The highest BCUT2D eigenvalue weighted by Crippen LogP contribution is 2.28. The number of hydrogen-bond acceptors (Lipinski definition) is 7. The maximum absolute atomic E-state index is 13.0. The van der Waals surface area contributed by atoms with Crippen molar-refractivity contribution < 1.29 is 24.3 Å². The number of thiophene rings is 1. The third kappa shape index (κ3) is 4.08. The number of urea groups is 1. The number of nitrogens with zero attached hydrogens (tertiary/aromatic N) is 3. The molecule has 1 aromatic heterocycles. The zero-order valence-corrected chi connectivity index (χ0v) is 18.9. The third-order valence-corrected chi connectivity index (χ3v) is 6.31. The SMILES string of the molecule is COc1ccc2c(c1)C(=O)N(C[C@@]1(C#Cc3ccc(C(=NO)N(C)C)s3)NC(=O)NC1=O)C2. The van der Waals surface area contributed by atoms with Gasteiger partial charge in [0, 0.05) is 26.2 Å². The van der Waals surface area contributed by atoms with Crippen molar-refractivity contribution >= 4 is 35.0 Å². The first-order chi connectivity index (χ1) is 15.8. The van der Waals surface area contributed by atoms with E-state index in [0.717, 1.165) is 5.56 Å². The van der Waals surface area contributed by atoms with Crippen molar-refractivity contribution in [3.63, 3.8) is 0 Å². The fraction of sp³-hybridized carbons (Fsp3) is 0.273. The Kier molecular flexibility index (Phi) is 5.69. The third-order valence-electron chi connectivity index (χ3n) is 5.31. The maximum Gasteiger partial charge on any atom is 0.323 e. The summed E-state index contributed by atoms with van der Waals surface area (Å²) in [5.74, 6) is 5.83. The molecule has 0 bridgehead atoms. The van der Waals surface area contributed by atoms with Gasteiger partial charge in [0.15, 0.2) is 5.84 Å². The molecule has 3 N–H and O–H groups in total. The van der Waals surface area contributed by atoms with Gasteiger partial charge in [-0.3, -0.25) is 14.9 Å². The highest BCUT2D eigenvalue weighted by Gasteiger charge is 2.48. The summed E-state index contributed by atoms with van der Waals surface area (Å²) >= 11 is 1.27. The molecule has 1 aromatic carbocycles. The largest absolute Gasteiger partial charge is 0.497 e. The summed E-state index contributed by atoms with van der Waals surface area (Å²) in [6.07, 6.45) is 0. The van der Waals surface area contributed by atoms with E-state index in [4.69, 9.17) is 4.74 Å². The molecule has 1 fully saturated rings. The second kappa shape index (κ2) is 8.48. The summed E-state index contributed by atoms with van der Waals surface area (Å²) in [5.41, 5.74) is -0.306. The number of benzene rings is 1. The summed E-state index contributed by atoms with van der Waals surface area (Å²) < 4.78 is 5.20. The number of fused-ring (bicyclic) bond motifs is 1. The zero-order valence-electron chi connectivity index (χ0n) is 18.1. The normalized spacial score (nSPS) is 19.5. The molecule has 1 atom stereocenters. The van der Waals surface area contributed by atoms with E-state index in [1.807, 2.05) is 0 Å². The van der Waals surface area contributed by atoms with Gasteiger partial charge >= 0.3 is 6.03 Å². The Morgan fingerprint density at radius 1 is 1.30 bits per heavy atom. The van der Waals surface area contributed by atoms with Crippen LogP contribution in [-0.4, -0.2) is 72.0 Å². The van der Waals surface area contributed by atoms with Crippen molar-refractivity contribution in [3.05, 3.63) is 51.2 Å². The number of imide groups is 1. The minimum absolute atomic E-state index is 0.118. The smallest absolute Gasteiger partial charge is 0.323 e. The number of hydrogen-bond donors (Lipinski definition) is 3. The lowest BCUT2D eigenvalue weighted by atomic mass is 9.99. The Labute approximate surface area is 193 Å². The van der Waals surface area contributed by atoms with Crippen LogP contribution in [0.15, 0.2) is 35.5 Å². The summed E-state index contributed by atoms with van der Waals surface area (Å²) in [6, 6.07) is 8.03. The van der Waals surface area contributed by atoms with E-state index in [0.29, 0.717) is 26.9 Å². The number of ether oxygens (including phenoxy) is 1. The molecule has 2 aromatic rings. The summed E-state index contributed by atoms with van der Waals surface area (Å²) in [5, 5.41) is 17.3. The van der Waals surface area contributed by atoms with Crippen LogP contribution in [0.3, 0.4) is 0 Å². The van der Waals surface area contributed by atoms with Gasteiger partial charge in [0.1, 0.15) is 5.75 Å². The van der Waals surface area contributed by atoms with E-state index in [2.05, 4.69) is 27.6 Å². The predicted molar refractivity (Wildman–Crippen MR) is 120 cm³/mol. The van der Waals surface area contributed by atoms with Crippen molar-refractivity contribution in [3.8, 4) is 17.6 Å². The molecule has 0 saturated carbocycles. The van der Waals surface area contributed by atoms with Gasteiger partial charge in [-0.1, -0.05) is 23.1 Å². The number of amidine groups is 1. The van der Waals surface area contributed by atoms with Crippen molar-refractivity contribution in [1.82, 2.24) is 20.4 Å². The molecule has 0 unspecified atom stereocenters. The highest BCUT2D eigenvalue weighted by molar-refractivity contribution is 7.14. The van der Waals surface area contributed by atoms with Crippen LogP contribution in [0.1, 0.15) is 25.7 Å². The van der Waals surface area contributed by atoms with Crippen LogP contribution in [0.2, 0.25) is 0 Å². The van der Waals surface area contributed by atoms with E-state index in [1.165, 1.54) is 23.3 Å². The van der Waals surface area contributed by atoms with Crippen molar-refractivity contribution in [1.29, 1.82) is 0 Å². The molecular weight excluding hydrogens is 446 g/mol. The van der Waals surface area contributed by atoms with Gasteiger partial charge in [-0.2, -0.15) is 0 Å². The first-order valence-electron chi connectivity index (χ1n) is 9.89. The lowest BCUT2D eigenvalue weighted by Gasteiger charge is -2.26. The molecule has 4 amide bonds. The van der Waals surface area contributed by atoms with Crippen LogP contribution in [0.5, 0.6) is 5.75 Å². The van der Waals surface area contributed by atoms with Gasteiger partial charge in [-0.05, 0) is 29.8 Å². The fourth-order valence-corrected chi connectivity index (χ4v) is 4.59. The Bertz CT molecular complexity index is 1240. The first kappa shape index (κ1) is 22.2. The number of oxime groups is 1. The molecule has 2 aliphatic heterocycles. The number of amides is 4. The summed E-state index contributed by atoms with van der Waals surface area (Å²) in [6.45, 7) is 0.166. The lowest BCUT2D eigenvalue weighted by Crippen LogP contribution is -2.54. The van der Waals surface area contributed by atoms with Gasteiger partial charge < -0.3 is 25.1 Å². The summed E-state index contributed by atoms with van der Waals surface area (Å²) in [4.78, 5) is 42.1. The van der Waals surface area contributed by atoms with Gasteiger partial charge in [0.25, 0.3) is 11.8 Å². The van der Waals surface area contributed by atoms with Crippen molar-refractivity contribution in [2.45, 2.75) is 12.1 Å². The molecule has 0 radical (unpaired) electrons. The molecule has 4 rings (SSSR count). The molecule has 33 heavy (non-hydrogen) atoms. The second-order valence-corrected chi connectivity index (χ2v) is 8.81. The van der Waals surface area contributed by atoms with Crippen LogP contribution >= 0.6 is 11.3 Å². The molecule has 170 valence electrons. The Hall–Kier alpha value is -4.04. The minimum atomic E-state index is -1.60. The van der Waals surface area contributed by atoms with Crippen LogP contribution in [0, 0.1) is 11.8 Å². The maximum atomic E-state index is 13.0. The molecule has 0 spiro atoms. The molecule has 0 aliphatic carbocycles. The standard InChI is InChI=1S/C22H21N5O5S/c1-26(2)18(25-31)17-7-6-15(33-17)8-9-22(20(29)23-21(30)24-22)12-27-11-13-4-5-14(32-3)10-16(13)19(27)28/h4-7,10,31H,11-12H2,1-3H3,(H2,23,24,29,30)/t22-/m1/s1. The quantitative estimate of drug-likeness (QED) is 0.154. The molecular formula is C22H21N5O5S. The van der Waals surface area contributed by atoms with Crippen LogP contribution in [-0.2, 0) is 11.3 Å². The predicted octanol–water partition coefficient (Wildman–Crippen LogP) is 1.04. The monoisotopic (exact) mass is 467 g/mol. The minimum Gasteiger partial charge on any atom is -0.497 e. The van der Waals surface area contributed by atoms with E-state index in [9.17, 15) is 19.6 Å². The Morgan fingerprint density at radius 3 is 2.73 bits per heavy atom. The number of nitrogens with one attached hydrogen (secondary N) is 2. The fourth-order valence-electron chi connectivity index (χ4n) is 3.66.